The molecule has 0 saturated heterocycles. The minimum absolute atomic E-state index is 0.265. The summed E-state index contributed by atoms with van der Waals surface area (Å²) in [5.41, 5.74) is 4.60. The van der Waals surface area contributed by atoms with Crippen LogP contribution in [-0.4, -0.2) is 0 Å². The first kappa shape index (κ1) is 22.7. The van der Waals surface area contributed by atoms with Crippen molar-refractivity contribution in [2.75, 3.05) is 0 Å². The predicted molar refractivity (Wildman–Crippen MR) is 136 cm³/mol. The van der Waals surface area contributed by atoms with E-state index in [2.05, 4.69) is 50.2 Å². The quantitative estimate of drug-likeness (QED) is 0.144. The first-order valence-corrected chi connectivity index (χ1v) is 12.3. The highest BCUT2D eigenvalue weighted by atomic mass is 32.1. The molecule has 0 unspecified atom stereocenters. The van der Waals surface area contributed by atoms with Crippen LogP contribution in [0.15, 0.2) is 59.0 Å². The van der Waals surface area contributed by atoms with Gasteiger partial charge in [0.1, 0.15) is 0 Å². The Kier molecular flexibility index (Phi) is 7.36. The van der Waals surface area contributed by atoms with Crippen molar-refractivity contribution in [3.63, 3.8) is 0 Å². The zero-order chi connectivity index (χ0) is 22.5. The summed E-state index contributed by atoms with van der Waals surface area (Å²) in [4.78, 5) is 0. The van der Waals surface area contributed by atoms with E-state index in [1.807, 2.05) is 18.2 Å². The minimum atomic E-state index is -0.265. The summed E-state index contributed by atoms with van der Waals surface area (Å²) in [5, 5.41) is 2.58. The fraction of sp³-hybridized carbons (Fsp3) is 0.345. The van der Waals surface area contributed by atoms with Gasteiger partial charge in [-0.15, -0.1) is 0 Å². The van der Waals surface area contributed by atoms with Gasteiger partial charge in [-0.05, 0) is 71.6 Å². The molecular weight excluding hydrogens is 415 g/mol. The fourth-order valence-electron chi connectivity index (χ4n) is 4.36. The molecule has 3 heteroatoms. The molecule has 0 N–H and O–H groups in total. The van der Waals surface area contributed by atoms with Crippen molar-refractivity contribution < 1.29 is 8.81 Å². The Morgan fingerprint density at radius 1 is 0.719 bits per heavy atom. The van der Waals surface area contributed by atoms with Gasteiger partial charge < -0.3 is 4.42 Å². The molecule has 0 aliphatic rings. The molecule has 0 radical (unpaired) electrons. The van der Waals surface area contributed by atoms with Gasteiger partial charge in [0.15, 0.2) is 16.1 Å². The molecule has 1 heterocycles. The largest absolute Gasteiger partial charge is 0.441 e. The number of hydrogen-bond donors (Lipinski definition) is 0. The molecule has 1 aromatic heterocycles. The molecule has 32 heavy (non-hydrogen) atoms. The van der Waals surface area contributed by atoms with E-state index in [4.69, 9.17) is 16.6 Å². The SMILES string of the molecule is CCCCCCc1ccc2c(oc(=S)c3cc(-c4ccc(CCCC)cc4)ccc32)c1F. The third-order valence-corrected chi connectivity index (χ3v) is 6.61. The highest BCUT2D eigenvalue weighted by Crippen LogP contribution is 2.33. The predicted octanol–water partition coefficient (Wildman–Crippen LogP) is 9.59. The van der Waals surface area contributed by atoms with E-state index < -0.39 is 0 Å². The van der Waals surface area contributed by atoms with Crippen LogP contribution in [0, 0.1) is 10.5 Å². The molecule has 0 amide bonds. The van der Waals surface area contributed by atoms with Gasteiger partial charge >= 0.3 is 0 Å². The van der Waals surface area contributed by atoms with Gasteiger partial charge in [-0.2, -0.15) is 0 Å². The van der Waals surface area contributed by atoms with Crippen LogP contribution in [0.4, 0.5) is 4.39 Å². The molecule has 0 bridgehead atoms. The summed E-state index contributed by atoms with van der Waals surface area (Å²) >= 11 is 5.55. The lowest BCUT2D eigenvalue weighted by Crippen LogP contribution is -1.94. The smallest absolute Gasteiger partial charge is 0.198 e. The molecule has 166 valence electrons. The van der Waals surface area contributed by atoms with E-state index >= 15 is 4.39 Å². The van der Waals surface area contributed by atoms with Gasteiger partial charge in [-0.3, -0.25) is 0 Å². The van der Waals surface area contributed by atoms with E-state index in [-0.39, 0.29) is 11.4 Å². The number of aryl methyl sites for hydroxylation is 2. The van der Waals surface area contributed by atoms with Crippen LogP contribution in [0.25, 0.3) is 32.9 Å². The highest BCUT2D eigenvalue weighted by Gasteiger charge is 2.14. The standard InChI is InChI=1S/C29H31FOS/c1-3-5-7-8-10-22-15-18-25-24-17-16-23(19-26(24)29(32)31-28(25)27(22)30)21-13-11-20(12-14-21)9-6-4-2/h11-19H,3-10H2,1-2H3. The number of fused-ring (bicyclic) bond motifs is 3. The van der Waals surface area contributed by atoms with Crippen molar-refractivity contribution in [2.45, 2.75) is 65.2 Å². The summed E-state index contributed by atoms with van der Waals surface area (Å²) < 4.78 is 21.4. The van der Waals surface area contributed by atoms with Gasteiger partial charge in [-0.25, -0.2) is 4.39 Å². The van der Waals surface area contributed by atoms with Crippen LogP contribution >= 0.6 is 12.2 Å². The highest BCUT2D eigenvalue weighted by molar-refractivity contribution is 7.71. The van der Waals surface area contributed by atoms with Gasteiger partial charge in [0.25, 0.3) is 0 Å². The second-order valence-electron chi connectivity index (χ2n) is 8.68. The maximum Gasteiger partial charge on any atom is 0.198 e. The molecule has 4 rings (SSSR count). The van der Waals surface area contributed by atoms with Gasteiger partial charge in [-0.1, -0.05) is 88.1 Å². The Balaban J connectivity index is 1.69. The van der Waals surface area contributed by atoms with E-state index in [9.17, 15) is 0 Å². The molecule has 0 spiro atoms. The minimum Gasteiger partial charge on any atom is -0.441 e. The second-order valence-corrected chi connectivity index (χ2v) is 9.05. The number of hydrogen-bond acceptors (Lipinski definition) is 2. The molecule has 0 saturated carbocycles. The van der Waals surface area contributed by atoms with Crippen LogP contribution in [-0.2, 0) is 12.8 Å². The van der Waals surface area contributed by atoms with Crippen LogP contribution in [0.1, 0.15) is 63.5 Å². The summed E-state index contributed by atoms with van der Waals surface area (Å²) in [6.07, 6.45) is 8.72. The summed E-state index contributed by atoms with van der Waals surface area (Å²) in [5.74, 6) is -0.265. The Hall–Kier alpha value is -2.52. The van der Waals surface area contributed by atoms with Crippen LogP contribution in [0.2, 0.25) is 0 Å². The van der Waals surface area contributed by atoms with E-state index in [1.54, 1.807) is 0 Å². The molecule has 0 aliphatic carbocycles. The zero-order valence-corrected chi connectivity index (χ0v) is 19.9. The molecule has 1 nitrogen and oxygen atoms in total. The summed E-state index contributed by atoms with van der Waals surface area (Å²) in [6, 6.07) is 18.8. The average Bonchev–Trinajstić information content (AvgIpc) is 2.82. The molecule has 3 aromatic carbocycles. The van der Waals surface area contributed by atoms with Crippen molar-refractivity contribution in [3.05, 3.63) is 76.2 Å². The molecule has 0 fully saturated rings. The van der Waals surface area contributed by atoms with Crippen molar-refractivity contribution in [2.24, 2.45) is 0 Å². The number of unbranched alkanes of at least 4 members (excludes halogenated alkanes) is 4. The Morgan fingerprint density at radius 2 is 1.44 bits per heavy atom. The number of rotatable bonds is 9. The lowest BCUT2D eigenvalue weighted by Gasteiger charge is -2.10. The van der Waals surface area contributed by atoms with E-state index in [0.717, 1.165) is 53.0 Å². The third-order valence-electron chi connectivity index (χ3n) is 6.31. The fourth-order valence-corrected chi connectivity index (χ4v) is 4.62. The van der Waals surface area contributed by atoms with Crippen LogP contribution in [0.5, 0.6) is 0 Å². The van der Waals surface area contributed by atoms with Crippen molar-refractivity contribution in [1.82, 2.24) is 0 Å². The third kappa shape index (κ3) is 4.78. The monoisotopic (exact) mass is 446 g/mol. The van der Waals surface area contributed by atoms with Crippen LogP contribution < -0.4 is 0 Å². The Morgan fingerprint density at radius 3 is 2.19 bits per heavy atom. The number of halogens is 1. The van der Waals surface area contributed by atoms with Crippen molar-refractivity contribution in [1.29, 1.82) is 0 Å². The Labute approximate surface area is 195 Å². The van der Waals surface area contributed by atoms with Crippen molar-refractivity contribution >= 4 is 34.0 Å². The second kappa shape index (κ2) is 10.4. The van der Waals surface area contributed by atoms with Gasteiger partial charge in [0.05, 0.1) is 0 Å². The van der Waals surface area contributed by atoms with Gasteiger partial charge in [0.2, 0.25) is 0 Å². The Bertz CT molecular complexity index is 1270. The van der Waals surface area contributed by atoms with E-state index in [1.165, 1.54) is 31.2 Å². The molecule has 0 aliphatic heterocycles. The van der Waals surface area contributed by atoms with Gasteiger partial charge in [0, 0.05) is 10.8 Å². The van der Waals surface area contributed by atoms with Crippen molar-refractivity contribution in [3.8, 4) is 11.1 Å². The summed E-state index contributed by atoms with van der Waals surface area (Å²) in [6.45, 7) is 4.39. The molecule has 0 atom stereocenters. The number of benzene rings is 3. The first-order chi connectivity index (χ1) is 15.6. The molecular formula is C29H31FOS. The maximum atomic E-state index is 15.2. The lowest BCUT2D eigenvalue weighted by atomic mass is 9.97. The zero-order valence-electron chi connectivity index (χ0n) is 19.0. The lowest BCUT2D eigenvalue weighted by molar-refractivity contribution is 0.535. The van der Waals surface area contributed by atoms with Crippen LogP contribution in [0.3, 0.4) is 0 Å². The first-order valence-electron chi connectivity index (χ1n) is 11.9. The molecule has 4 aromatic rings. The normalized spacial score (nSPS) is 11.5. The topological polar surface area (TPSA) is 13.1 Å². The summed E-state index contributed by atoms with van der Waals surface area (Å²) in [7, 11) is 0. The average molecular weight is 447 g/mol. The van der Waals surface area contributed by atoms with E-state index in [0.29, 0.717) is 10.3 Å². The maximum absolute atomic E-state index is 15.2.